The van der Waals surface area contributed by atoms with Gasteiger partial charge in [0.25, 0.3) is 0 Å². The molecule has 0 atom stereocenters. The highest BCUT2D eigenvalue weighted by Gasteiger charge is 2.05. The monoisotopic (exact) mass is 209 g/mol. The lowest BCUT2D eigenvalue weighted by atomic mass is 10.1. The second kappa shape index (κ2) is 4.86. The summed E-state index contributed by atoms with van der Waals surface area (Å²) in [5, 5.41) is 1.67. The van der Waals surface area contributed by atoms with E-state index in [1.165, 1.54) is 24.0 Å². The molecule has 2 N–H and O–H groups in total. The van der Waals surface area contributed by atoms with Gasteiger partial charge < -0.3 is 5.73 Å². The Morgan fingerprint density at radius 2 is 2.29 bits per heavy atom. The molecule has 0 aliphatic heterocycles. The maximum atomic E-state index is 13.3. The Morgan fingerprint density at radius 3 is 2.93 bits per heavy atom. The molecule has 0 bridgehead atoms. The summed E-state index contributed by atoms with van der Waals surface area (Å²) in [5.41, 5.74) is 6.74. The third-order valence-corrected chi connectivity index (χ3v) is 2.51. The van der Waals surface area contributed by atoms with Crippen LogP contribution < -0.4 is 5.73 Å². The fourth-order valence-electron chi connectivity index (χ4n) is 1.04. The van der Waals surface area contributed by atoms with E-state index >= 15 is 0 Å². The van der Waals surface area contributed by atoms with Crippen LogP contribution in [0.25, 0.3) is 4.91 Å². The molecule has 0 aliphatic carbocycles. The Balaban J connectivity index is 2.94. The zero-order chi connectivity index (χ0) is 10.6. The first-order chi connectivity index (χ1) is 6.65. The van der Waals surface area contributed by atoms with Crippen molar-refractivity contribution >= 4 is 16.7 Å². The van der Waals surface area contributed by atoms with Gasteiger partial charge in [-0.1, -0.05) is 30.0 Å². The van der Waals surface area contributed by atoms with E-state index in [0.717, 1.165) is 5.56 Å². The highest BCUT2D eigenvalue weighted by molar-refractivity contribution is 8.10. The summed E-state index contributed by atoms with van der Waals surface area (Å²) in [7, 11) is 0. The molecule has 1 nitrogen and oxygen atoms in total. The van der Waals surface area contributed by atoms with E-state index in [2.05, 4.69) is 6.58 Å². The SMILES string of the molecule is C=C(S/C=C\N)c1cc(C)ccc1F. The minimum Gasteiger partial charge on any atom is -0.404 e. The summed E-state index contributed by atoms with van der Waals surface area (Å²) >= 11 is 1.31. The summed E-state index contributed by atoms with van der Waals surface area (Å²) in [5.74, 6) is -0.251. The summed E-state index contributed by atoms with van der Waals surface area (Å²) in [6, 6.07) is 4.95. The van der Waals surface area contributed by atoms with Gasteiger partial charge in [-0.3, -0.25) is 0 Å². The van der Waals surface area contributed by atoms with Crippen LogP contribution in [0, 0.1) is 12.7 Å². The van der Waals surface area contributed by atoms with Gasteiger partial charge in [-0.05, 0) is 24.5 Å². The third kappa shape index (κ3) is 2.64. The van der Waals surface area contributed by atoms with Crippen LogP contribution in [0.4, 0.5) is 4.39 Å². The molecule has 0 spiro atoms. The second-order valence-corrected chi connectivity index (χ2v) is 3.85. The molecule has 1 rings (SSSR count). The van der Waals surface area contributed by atoms with Gasteiger partial charge in [0.1, 0.15) is 5.82 Å². The van der Waals surface area contributed by atoms with Gasteiger partial charge in [0.2, 0.25) is 0 Å². The lowest BCUT2D eigenvalue weighted by molar-refractivity contribution is 0.624. The number of hydrogen-bond donors (Lipinski definition) is 1. The minimum atomic E-state index is -0.251. The first-order valence-electron chi connectivity index (χ1n) is 4.14. The van der Waals surface area contributed by atoms with Crippen LogP contribution in [-0.4, -0.2) is 0 Å². The molecule has 0 heterocycles. The van der Waals surface area contributed by atoms with Crippen LogP contribution in [0.2, 0.25) is 0 Å². The van der Waals surface area contributed by atoms with Crippen molar-refractivity contribution in [2.24, 2.45) is 5.73 Å². The third-order valence-electron chi connectivity index (χ3n) is 1.71. The molecular formula is C11H12FNS. The van der Waals surface area contributed by atoms with Crippen molar-refractivity contribution in [1.82, 2.24) is 0 Å². The van der Waals surface area contributed by atoms with Gasteiger partial charge in [-0.25, -0.2) is 4.39 Å². The second-order valence-electron chi connectivity index (χ2n) is 2.85. The molecular weight excluding hydrogens is 197 g/mol. The molecule has 14 heavy (non-hydrogen) atoms. The van der Waals surface area contributed by atoms with Gasteiger partial charge in [0.05, 0.1) is 0 Å². The molecule has 1 aromatic carbocycles. The topological polar surface area (TPSA) is 26.0 Å². The Morgan fingerprint density at radius 1 is 1.57 bits per heavy atom. The van der Waals surface area contributed by atoms with Crippen LogP contribution in [-0.2, 0) is 0 Å². The number of hydrogen-bond acceptors (Lipinski definition) is 2. The smallest absolute Gasteiger partial charge is 0.131 e. The average molecular weight is 209 g/mol. The highest BCUT2D eigenvalue weighted by atomic mass is 32.2. The predicted octanol–water partition coefficient (Wildman–Crippen LogP) is 3.27. The van der Waals surface area contributed by atoms with Gasteiger partial charge in [0, 0.05) is 16.7 Å². The quantitative estimate of drug-likeness (QED) is 0.826. The molecule has 3 heteroatoms. The molecule has 0 saturated heterocycles. The Kier molecular flexibility index (Phi) is 3.77. The standard InChI is InChI=1S/C11H12FNS/c1-8-3-4-11(12)10(7-8)9(2)14-6-5-13/h3-7H,2,13H2,1H3/b6-5-. The lowest BCUT2D eigenvalue weighted by Crippen LogP contribution is -1.86. The van der Waals surface area contributed by atoms with Crippen molar-refractivity contribution in [2.45, 2.75) is 6.92 Å². The van der Waals surface area contributed by atoms with Crippen molar-refractivity contribution in [3.05, 3.63) is 53.3 Å². The molecule has 74 valence electrons. The highest BCUT2D eigenvalue weighted by Crippen LogP contribution is 2.28. The van der Waals surface area contributed by atoms with Crippen molar-refractivity contribution in [3.8, 4) is 0 Å². The molecule has 0 amide bonds. The number of rotatable bonds is 3. The number of benzene rings is 1. The number of nitrogens with two attached hydrogens (primary N) is 1. The molecule has 1 aromatic rings. The Labute approximate surface area is 87.5 Å². The maximum absolute atomic E-state index is 13.3. The van der Waals surface area contributed by atoms with Crippen molar-refractivity contribution in [3.63, 3.8) is 0 Å². The summed E-state index contributed by atoms with van der Waals surface area (Å²) in [6.45, 7) is 5.70. The fourth-order valence-corrected chi connectivity index (χ4v) is 1.56. The van der Waals surface area contributed by atoms with Crippen LogP contribution in [0.5, 0.6) is 0 Å². The van der Waals surface area contributed by atoms with E-state index in [4.69, 9.17) is 5.73 Å². The van der Waals surface area contributed by atoms with E-state index in [0.29, 0.717) is 10.5 Å². The predicted molar refractivity (Wildman–Crippen MR) is 61.1 cm³/mol. The zero-order valence-electron chi connectivity index (χ0n) is 7.96. The summed E-state index contributed by atoms with van der Waals surface area (Å²) in [4.78, 5) is 0.660. The van der Waals surface area contributed by atoms with E-state index in [-0.39, 0.29) is 5.82 Å². The maximum Gasteiger partial charge on any atom is 0.131 e. The molecule has 0 fully saturated rings. The molecule has 0 radical (unpaired) electrons. The fraction of sp³-hybridized carbons (Fsp3) is 0.0909. The average Bonchev–Trinajstić information content (AvgIpc) is 2.18. The van der Waals surface area contributed by atoms with E-state index in [1.807, 2.05) is 6.92 Å². The number of halogens is 1. The van der Waals surface area contributed by atoms with Gasteiger partial charge in [-0.2, -0.15) is 0 Å². The van der Waals surface area contributed by atoms with Crippen LogP contribution in [0.15, 0.2) is 36.4 Å². The number of thioether (sulfide) groups is 1. The Bertz CT molecular complexity index is 372. The van der Waals surface area contributed by atoms with Crippen LogP contribution in [0.1, 0.15) is 11.1 Å². The normalized spacial score (nSPS) is 10.7. The van der Waals surface area contributed by atoms with E-state index in [1.54, 1.807) is 17.5 Å². The minimum absolute atomic E-state index is 0.251. The van der Waals surface area contributed by atoms with Crippen molar-refractivity contribution in [1.29, 1.82) is 0 Å². The molecule has 0 aliphatic rings. The first kappa shape index (κ1) is 10.9. The van der Waals surface area contributed by atoms with Crippen molar-refractivity contribution < 1.29 is 4.39 Å². The Hall–Kier alpha value is -1.22. The lowest BCUT2D eigenvalue weighted by Gasteiger charge is -2.04. The van der Waals surface area contributed by atoms with E-state index in [9.17, 15) is 4.39 Å². The van der Waals surface area contributed by atoms with Gasteiger partial charge in [0.15, 0.2) is 0 Å². The summed E-state index contributed by atoms with van der Waals surface area (Å²) < 4.78 is 13.3. The van der Waals surface area contributed by atoms with E-state index < -0.39 is 0 Å². The largest absolute Gasteiger partial charge is 0.404 e. The summed E-state index contributed by atoms with van der Waals surface area (Å²) in [6.07, 6.45) is 1.41. The van der Waals surface area contributed by atoms with Crippen LogP contribution >= 0.6 is 11.8 Å². The number of aryl methyl sites for hydroxylation is 1. The van der Waals surface area contributed by atoms with Crippen LogP contribution in [0.3, 0.4) is 0 Å². The van der Waals surface area contributed by atoms with Crippen molar-refractivity contribution in [2.75, 3.05) is 0 Å². The first-order valence-corrected chi connectivity index (χ1v) is 5.02. The van der Waals surface area contributed by atoms with Gasteiger partial charge in [-0.15, -0.1) is 0 Å². The zero-order valence-corrected chi connectivity index (χ0v) is 8.77. The molecule has 0 aromatic heterocycles. The molecule has 0 saturated carbocycles. The molecule has 0 unspecified atom stereocenters. The van der Waals surface area contributed by atoms with Gasteiger partial charge >= 0.3 is 0 Å².